The summed E-state index contributed by atoms with van der Waals surface area (Å²) in [5.74, 6) is -15.8. The average Bonchev–Trinajstić information content (AvgIpc) is 3.58. The van der Waals surface area contributed by atoms with E-state index in [1.54, 1.807) is 18.2 Å². The monoisotopic (exact) mass is 717 g/mol. The number of aromatic nitrogens is 1. The average molecular weight is 718 g/mol. The Morgan fingerprint density at radius 2 is 0.704 bits per heavy atom. The molecule has 0 fully saturated rings. The van der Waals surface area contributed by atoms with Crippen molar-refractivity contribution in [3.05, 3.63) is 163 Å². The molecule has 1 aliphatic rings. The Hall–Kier alpha value is -6.34. The van der Waals surface area contributed by atoms with Crippen molar-refractivity contribution >= 4 is 75.7 Å². The summed E-state index contributed by atoms with van der Waals surface area (Å²) < 4.78 is 94.5. The quantitative estimate of drug-likeness (QED) is 0.124. The van der Waals surface area contributed by atoms with Crippen molar-refractivity contribution < 1.29 is 26.3 Å². The van der Waals surface area contributed by atoms with Gasteiger partial charge in [0.1, 0.15) is 0 Å². The lowest BCUT2D eigenvalue weighted by atomic mass is 9.88. The molecule has 0 unspecified atom stereocenters. The summed E-state index contributed by atoms with van der Waals surface area (Å²) in [6, 6.07) is 47.2. The van der Waals surface area contributed by atoms with Crippen LogP contribution < -0.4 is 0 Å². The summed E-state index contributed by atoms with van der Waals surface area (Å²) in [6.45, 7) is 0. The molecule has 1 aliphatic carbocycles. The van der Waals surface area contributed by atoms with Crippen LogP contribution in [0.15, 0.2) is 152 Å². The van der Waals surface area contributed by atoms with Gasteiger partial charge in [0.25, 0.3) is 0 Å². The van der Waals surface area contributed by atoms with Gasteiger partial charge in [0, 0.05) is 27.5 Å². The summed E-state index contributed by atoms with van der Waals surface area (Å²) in [4.78, 5) is 0. The standard InChI is InChI=1S/C47H25F6N/c48-45(49)43-34-18-6-5-15-31(34)37-23-26(21-22-35(37)44(43)46(50,51)47(45,52)53)36-24-38-29-13-3-1-11-27(29)28-12-2-4-14-30(28)39(38)25-42(36)54-40-19-9-7-16-32(40)33-17-8-10-20-41(33)54/h1-25H. The molecular formula is C47H25F6N. The Morgan fingerprint density at radius 3 is 1.22 bits per heavy atom. The second-order valence-electron chi connectivity index (χ2n) is 14.2. The molecule has 0 N–H and O–H groups in total. The smallest absolute Gasteiger partial charge is 0.309 e. The molecule has 7 heteroatoms. The van der Waals surface area contributed by atoms with E-state index in [1.165, 1.54) is 24.3 Å². The Labute approximate surface area is 303 Å². The second kappa shape index (κ2) is 10.4. The molecule has 54 heavy (non-hydrogen) atoms. The Kier molecular flexibility index (Phi) is 6.02. The van der Waals surface area contributed by atoms with Gasteiger partial charge in [0.15, 0.2) is 0 Å². The van der Waals surface area contributed by atoms with Crippen molar-refractivity contribution in [2.45, 2.75) is 17.8 Å². The van der Waals surface area contributed by atoms with Crippen molar-refractivity contribution in [3.63, 3.8) is 0 Å². The first-order valence-corrected chi connectivity index (χ1v) is 17.6. The second-order valence-corrected chi connectivity index (χ2v) is 14.2. The molecule has 0 saturated carbocycles. The molecule has 1 nitrogen and oxygen atoms in total. The number of nitrogens with zero attached hydrogens (tertiary/aromatic N) is 1. The maximum atomic E-state index is 15.7. The van der Waals surface area contributed by atoms with Crippen molar-refractivity contribution in [1.82, 2.24) is 4.57 Å². The molecule has 0 aliphatic heterocycles. The van der Waals surface area contributed by atoms with E-state index in [0.29, 0.717) is 5.56 Å². The largest absolute Gasteiger partial charge is 0.380 e. The molecule has 260 valence electrons. The highest BCUT2D eigenvalue weighted by atomic mass is 19.3. The van der Waals surface area contributed by atoms with Gasteiger partial charge in [-0.1, -0.05) is 121 Å². The predicted molar refractivity (Wildman–Crippen MR) is 206 cm³/mol. The topological polar surface area (TPSA) is 4.93 Å². The normalized spacial score (nSPS) is 16.0. The van der Waals surface area contributed by atoms with Crippen LogP contribution in [0, 0.1) is 0 Å². The van der Waals surface area contributed by atoms with E-state index < -0.39 is 28.9 Å². The fourth-order valence-corrected chi connectivity index (χ4v) is 9.06. The van der Waals surface area contributed by atoms with Crippen molar-refractivity contribution in [1.29, 1.82) is 0 Å². The third kappa shape index (κ3) is 3.76. The Morgan fingerprint density at radius 1 is 0.333 bits per heavy atom. The minimum absolute atomic E-state index is 0.187. The molecule has 0 saturated heterocycles. The van der Waals surface area contributed by atoms with Gasteiger partial charge >= 0.3 is 17.8 Å². The van der Waals surface area contributed by atoms with E-state index >= 15 is 26.3 Å². The lowest BCUT2D eigenvalue weighted by Gasteiger charge is -2.23. The van der Waals surface area contributed by atoms with Gasteiger partial charge in [-0.3, -0.25) is 0 Å². The molecule has 0 atom stereocenters. The highest BCUT2D eigenvalue weighted by Gasteiger charge is 2.79. The minimum atomic E-state index is -5.61. The number of halogens is 6. The third-order valence-corrected chi connectivity index (χ3v) is 11.4. The molecule has 9 aromatic carbocycles. The van der Waals surface area contributed by atoms with E-state index in [4.69, 9.17) is 0 Å². The minimum Gasteiger partial charge on any atom is -0.309 e. The number of fused-ring (bicyclic) bond motifs is 15. The summed E-state index contributed by atoms with van der Waals surface area (Å²) in [5.41, 5.74) is 1.45. The van der Waals surface area contributed by atoms with E-state index in [1.807, 2.05) is 48.5 Å². The van der Waals surface area contributed by atoms with Crippen LogP contribution in [0.5, 0.6) is 0 Å². The van der Waals surface area contributed by atoms with Gasteiger partial charge in [0.2, 0.25) is 0 Å². The summed E-state index contributed by atoms with van der Waals surface area (Å²) >= 11 is 0. The van der Waals surface area contributed by atoms with Gasteiger partial charge in [-0.05, 0) is 89.8 Å². The van der Waals surface area contributed by atoms with Crippen LogP contribution in [0.3, 0.4) is 0 Å². The van der Waals surface area contributed by atoms with Gasteiger partial charge in [-0.2, -0.15) is 26.3 Å². The molecule has 10 aromatic rings. The van der Waals surface area contributed by atoms with Gasteiger partial charge in [0.05, 0.1) is 16.7 Å². The molecular weight excluding hydrogens is 693 g/mol. The molecule has 11 rings (SSSR count). The first-order valence-electron chi connectivity index (χ1n) is 17.6. The van der Waals surface area contributed by atoms with Crippen LogP contribution in [0.1, 0.15) is 11.1 Å². The van der Waals surface area contributed by atoms with E-state index in [-0.39, 0.29) is 21.5 Å². The van der Waals surface area contributed by atoms with Crippen LogP contribution in [-0.2, 0) is 11.8 Å². The maximum Gasteiger partial charge on any atom is 0.380 e. The van der Waals surface area contributed by atoms with Gasteiger partial charge in [-0.15, -0.1) is 0 Å². The number of benzene rings is 9. The SMILES string of the molecule is FC1(F)c2c(c3ccc(-c4cc5c6ccccc6c6ccccc6c5cc4-n4c5ccccc5c5ccccc54)cc3c3ccccc23)C(F)(F)C1(F)F. The van der Waals surface area contributed by atoms with Crippen LogP contribution in [0.25, 0.3) is 92.5 Å². The maximum absolute atomic E-state index is 15.7. The van der Waals surface area contributed by atoms with E-state index in [0.717, 1.165) is 65.4 Å². The van der Waals surface area contributed by atoms with Gasteiger partial charge < -0.3 is 4.57 Å². The van der Waals surface area contributed by atoms with Crippen molar-refractivity contribution in [2.24, 2.45) is 0 Å². The van der Waals surface area contributed by atoms with E-state index in [9.17, 15) is 0 Å². The zero-order valence-electron chi connectivity index (χ0n) is 28.1. The van der Waals surface area contributed by atoms with Crippen LogP contribution in [0.4, 0.5) is 26.3 Å². The zero-order valence-corrected chi connectivity index (χ0v) is 28.1. The summed E-state index contributed by atoms with van der Waals surface area (Å²) in [5, 5.41) is 8.05. The molecule has 0 bridgehead atoms. The van der Waals surface area contributed by atoms with E-state index in [2.05, 4.69) is 65.2 Å². The fourth-order valence-electron chi connectivity index (χ4n) is 9.06. The first-order chi connectivity index (χ1) is 26.1. The van der Waals surface area contributed by atoms with Crippen molar-refractivity contribution in [3.8, 4) is 16.8 Å². The number of rotatable bonds is 2. The molecule has 0 radical (unpaired) electrons. The third-order valence-electron chi connectivity index (χ3n) is 11.4. The summed E-state index contributed by atoms with van der Waals surface area (Å²) in [6.07, 6.45) is 0. The zero-order chi connectivity index (χ0) is 36.7. The van der Waals surface area contributed by atoms with Gasteiger partial charge in [-0.25, -0.2) is 0 Å². The predicted octanol–water partition coefficient (Wildman–Crippen LogP) is 14.0. The number of para-hydroxylation sites is 2. The molecule has 1 aromatic heterocycles. The number of hydrogen-bond donors (Lipinski definition) is 0. The molecule has 1 heterocycles. The van der Waals surface area contributed by atoms with Crippen LogP contribution >= 0.6 is 0 Å². The highest BCUT2D eigenvalue weighted by molar-refractivity contribution is 6.26. The number of alkyl halides is 6. The van der Waals surface area contributed by atoms with Crippen LogP contribution in [-0.4, -0.2) is 10.5 Å². The number of hydrogen-bond acceptors (Lipinski definition) is 0. The molecule has 0 amide bonds. The lowest BCUT2D eigenvalue weighted by Crippen LogP contribution is -2.43. The summed E-state index contributed by atoms with van der Waals surface area (Å²) in [7, 11) is 0. The lowest BCUT2D eigenvalue weighted by molar-refractivity contribution is -0.301. The highest BCUT2D eigenvalue weighted by Crippen LogP contribution is 2.66. The van der Waals surface area contributed by atoms with Crippen LogP contribution in [0.2, 0.25) is 0 Å². The Bertz CT molecular complexity index is 3210. The van der Waals surface area contributed by atoms with Crippen molar-refractivity contribution in [2.75, 3.05) is 0 Å². The fraction of sp³-hybridized carbons (Fsp3) is 0.0638. The molecule has 0 spiro atoms. The first kappa shape index (κ1) is 31.2. The Balaban J connectivity index is 1.32.